The molecule has 0 heterocycles. The third-order valence-electron chi connectivity index (χ3n) is 5.36. The number of ether oxygens (including phenoxy) is 4. The molecule has 0 bridgehead atoms. The van der Waals surface area contributed by atoms with Gasteiger partial charge in [-0.05, 0) is 37.0 Å². The van der Waals surface area contributed by atoms with Crippen LogP contribution in [0.2, 0.25) is 0 Å². The van der Waals surface area contributed by atoms with Crippen molar-refractivity contribution in [1.29, 1.82) is 0 Å². The van der Waals surface area contributed by atoms with Gasteiger partial charge >= 0.3 is 0 Å². The molecule has 0 radical (unpaired) electrons. The van der Waals surface area contributed by atoms with E-state index >= 15 is 0 Å². The van der Waals surface area contributed by atoms with Gasteiger partial charge in [0.1, 0.15) is 19.5 Å². The summed E-state index contributed by atoms with van der Waals surface area (Å²) in [6.45, 7) is 4.50. The van der Waals surface area contributed by atoms with Gasteiger partial charge in [-0.15, -0.1) is 0 Å². The molecule has 0 aliphatic heterocycles. The van der Waals surface area contributed by atoms with Crippen molar-refractivity contribution in [2.24, 2.45) is 0 Å². The number of allylic oxidation sites excluding steroid dienone is 2. The molecule has 0 aromatic heterocycles. The molecular formula is C28H30O5. The van der Waals surface area contributed by atoms with Gasteiger partial charge in [0.25, 0.3) is 0 Å². The highest BCUT2D eigenvalue weighted by atomic mass is 16.5. The van der Waals surface area contributed by atoms with Gasteiger partial charge in [-0.2, -0.15) is 0 Å². The Balaban J connectivity index is 2.06. The van der Waals surface area contributed by atoms with Gasteiger partial charge in [-0.1, -0.05) is 66.7 Å². The lowest BCUT2D eigenvalue weighted by Gasteiger charge is -2.23. The summed E-state index contributed by atoms with van der Waals surface area (Å²) < 4.78 is 24.0. The first-order valence-electron chi connectivity index (χ1n) is 10.8. The molecule has 5 heteroatoms. The summed E-state index contributed by atoms with van der Waals surface area (Å²) in [5, 5.41) is 0. The van der Waals surface area contributed by atoms with E-state index in [0.29, 0.717) is 48.2 Å². The Hall–Kier alpha value is -3.73. The number of aldehydes is 1. The van der Waals surface area contributed by atoms with Crippen LogP contribution in [0.5, 0.6) is 23.0 Å². The minimum atomic E-state index is 0.368. The normalized spacial score (nSPS) is 11.1. The van der Waals surface area contributed by atoms with E-state index in [4.69, 9.17) is 18.9 Å². The maximum atomic E-state index is 11.2. The van der Waals surface area contributed by atoms with Crippen LogP contribution in [0.3, 0.4) is 0 Å². The average Bonchev–Trinajstić information content (AvgIpc) is 2.86. The zero-order chi connectivity index (χ0) is 23.6. The first-order chi connectivity index (χ1) is 16.1. The summed E-state index contributed by atoms with van der Waals surface area (Å²) in [4.78, 5) is 11.2. The third-order valence-corrected chi connectivity index (χ3v) is 5.36. The maximum Gasteiger partial charge on any atom is 0.207 e. The van der Waals surface area contributed by atoms with Gasteiger partial charge in [-0.3, -0.25) is 4.79 Å². The number of hydrogen-bond acceptors (Lipinski definition) is 5. The zero-order valence-corrected chi connectivity index (χ0v) is 19.6. The van der Waals surface area contributed by atoms with Crippen LogP contribution in [0.1, 0.15) is 29.2 Å². The molecule has 0 N–H and O–H groups in total. The van der Waals surface area contributed by atoms with Crippen LogP contribution in [0.4, 0.5) is 0 Å². The summed E-state index contributed by atoms with van der Waals surface area (Å²) in [7, 11) is 3.17. The Morgan fingerprint density at radius 2 is 1.24 bits per heavy atom. The average molecular weight is 447 g/mol. The lowest BCUT2D eigenvalue weighted by atomic mass is 10.00. The van der Waals surface area contributed by atoms with E-state index < -0.39 is 0 Å². The van der Waals surface area contributed by atoms with Crippen LogP contribution < -0.4 is 18.9 Å². The fraction of sp³-hybridized carbons (Fsp3) is 0.250. The van der Waals surface area contributed by atoms with E-state index in [-0.39, 0.29) is 0 Å². The summed E-state index contributed by atoms with van der Waals surface area (Å²) in [6, 6.07) is 19.9. The van der Waals surface area contributed by atoms with Crippen molar-refractivity contribution in [1.82, 2.24) is 0 Å². The molecule has 33 heavy (non-hydrogen) atoms. The van der Waals surface area contributed by atoms with Crippen molar-refractivity contribution in [2.45, 2.75) is 33.5 Å². The van der Waals surface area contributed by atoms with Gasteiger partial charge in [0.15, 0.2) is 11.5 Å². The standard InChI is InChI=1S/C28H30O5/c1-20(17-29)15-16-24-21(2)25(32-18-22-11-7-5-8-12-22)27(30-3)28(31-4)26(24)33-19-23-13-9-6-10-14-23/h5-15,17H,16,18-19H2,1-4H3/b20-15+. The van der Waals surface area contributed by atoms with Gasteiger partial charge < -0.3 is 18.9 Å². The lowest BCUT2D eigenvalue weighted by molar-refractivity contribution is -0.104. The number of carbonyl (C=O) groups is 1. The Labute approximate surface area is 195 Å². The predicted molar refractivity (Wildman–Crippen MR) is 129 cm³/mol. The maximum absolute atomic E-state index is 11.2. The highest BCUT2D eigenvalue weighted by molar-refractivity contribution is 5.73. The minimum Gasteiger partial charge on any atom is -0.490 e. The molecule has 0 spiro atoms. The summed E-state index contributed by atoms with van der Waals surface area (Å²) in [5.41, 5.74) is 4.48. The Kier molecular flexibility index (Phi) is 8.53. The molecule has 0 fully saturated rings. The molecule has 3 rings (SSSR count). The molecule has 172 valence electrons. The van der Waals surface area contributed by atoms with Crippen molar-refractivity contribution in [3.05, 3.63) is 94.6 Å². The van der Waals surface area contributed by atoms with Gasteiger partial charge in [-0.25, -0.2) is 0 Å². The van der Waals surface area contributed by atoms with Crippen LogP contribution in [0, 0.1) is 6.92 Å². The van der Waals surface area contributed by atoms with E-state index in [2.05, 4.69) is 0 Å². The molecule has 0 amide bonds. The topological polar surface area (TPSA) is 54.0 Å². The van der Waals surface area contributed by atoms with Gasteiger partial charge in [0, 0.05) is 11.1 Å². The number of benzene rings is 3. The van der Waals surface area contributed by atoms with Crippen molar-refractivity contribution in [3.63, 3.8) is 0 Å². The Morgan fingerprint density at radius 3 is 1.73 bits per heavy atom. The van der Waals surface area contributed by atoms with E-state index in [1.54, 1.807) is 21.1 Å². The second kappa shape index (κ2) is 11.8. The van der Waals surface area contributed by atoms with E-state index in [1.165, 1.54) is 0 Å². The summed E-state index contributed by atoms with van der Waals surface area (Å²) >= 11 is 0. The summed E-state index contributed by atoms with van der Waals surface area (Å²) in [6.07, 6.45) is 3.20. The highest BCUT2D eigenvalue weighted by Crippen LogP contribution is 2.50. The first-order valence-corrected chi connectivity index (χ1v) is 10.8. The van der Waals surface area contributed by atoms with Crippen molar-refractivity contribution < 1.29 is 23.7 Å². The quantitative estimate of drug-likeness (QED) is 0.273. The van der Waals surface area contributed by atoms with Gasteiger partial charge in [0.05, 0.1) is 14.2 Å². The summed E-state index contributed by atoms with van der Waals surface area (Å²) in [5.74, 6) is 2.12. The SMILES string of the molecule is COc1c(OCc2ccccc2)c(C)c(C/C=C(\C)C=O)c(OCc2ccccc2)c1OC. The molecular weight excluding hydrogens is 416 g/mol. The van der Waals surface area contributed by atoms with Crippen LogP contribution >= 0.6 is 0 Å². The van der Waals surface area contributed by atoms with Crippen LogP contribution in [0.25, 0.3) is 0 Å². The second-order valence-corrected chi connectivity index (χ2v) is 7.65. The largest absolute Gasteiger partial charge is 0.490 e. The van der Waals surface area contributed by atoms with Crippen LogP contribution in [-0.2, 0) is 24.4 Å². The molecule has 0 aliphatic rings. The third kappa shape index (κ3) is 5.95. The molecule has 5 nitrogen and oxygen atoms in total. The predicted octanol–water partition coefficient (Wildman–Crippen LogP) is 5.86. The van der Waals surface area contributed by atoms with E-state index in [1.807, 2.05) is 73.7 Å². The molecule has 0 unspecified atom stereocenters. The molecule has 0 saturated heterocycles. The fourth-order valence-electron chi connectivity index (χ4n) is 3.53. The highest BCUT2D eigenvalue weighted by Gasteiger charge is 2.26. The molecule has 0 saturated carbocycles. The first kappa shape index (κ1) is 23.9. The number of carbonyl (C=O) groups excluding carboxylic acids is 1. The van der Waals surface area contributed by atoms with Crippen molar-refractivity contribution in [2.75, 3.05) is 14.2 Å². The zero-order valence-electron chi connectivity index (χ0n) is 19.6. The van der Waals surface area contributed by atoms with Crippen LogP contribution in [0.15, 0.2) is 72.3 Å². The number of rotatable bonds is 11. The minimum absolute atomic E-state index is 0.368. The monoisotopic (exact) mass is 446 g/mol. The van der Waals surface area contributed by atoms with E-state index in [0.717, 1.165) is 28.5 Å². The number of hydrogen-bond donors (Lipinski definition) is 0. The lowest BCUT2D eigenvalue weighted by Crippen LogP contribution is -2.08. The number of methoxy groups -OCH3 is 2. The van der Waals surface area contributed by atoms with Crippen molar-refractivity contribution >= 4 is 6.29 Å². The molecule has 0 atom stereocenters. The smallest absolute Gasteiger partial charge is 0.207 e. The molecule has 0 aliphatic carbocycles. The Morgan fingerprint density at radius 1 is 0.758 bits per heavy atom. The molecule has 3 aromatic carbocycles. The van der Waals surface area contributed by atoms with Crippen molar-refractivity contribution in [3.8, 4) is 23.0 Å². The van der Waals surface area contributed by atoms with Crippen LogP contribution in [-0.4, -0.2) is 20.5 Å². The second-order valence-electron chi connectivity index (χ2n) is 7.65. The van der Waals surface area contributed by atoms with Gasteiger partial charge in [0.2, 0.25) is 11.5 Å². The fourth-order valence-corrected chi connectivity index (χ4v) is 3.53. The Bertz CT molecular complexity index is 1090. The van der Waals surface area contributed by atoms with E-state index in [9.17, 15) is 4.79 Å². The molecule has 3 aromatic rings.